The Kier molecular flexibility index (Phi) is 6.09. The molecule has 0 aliphatic rings. The van der Waals surface area contributed by atoms with Crippen molar-refractivity contribution in [2.45, 2.75) is 6.92 Å². The van der Waals surface area contributed by atoms with Gasteiger partial charge in [0.1, 0.15) is 17.0 Å². The number of aromatic nitrogens is 2. The van der Waals surface area contributed by atoms with Crippen molar-refractivity contribution in [2.75, 3.05) is 0 Å². The molecule has 0 amide bonds. The van der Waals surface area contributed by atoms with Gasteiger partial charge in [0.15, 0.2) is 0 Å². The second-order valence-electron chi connectivity index (χ2n) is 12.8. The highest BCUT2D eigenvalue weighted by Crippen LogP contribution is 2.46. The van der Waals surface area contributed by atoms with Crippen LogP contribution in [-0.2, 0) is 0 Å². The Bertz CT molecular complexity index is 2880. The van der Waals surface area contributed by atoms with Crippen molar-refractivity contribution < 1.29 is 4.42 Å². The fourth-order valence-electron chi connectivity index (χ4n) is 7.74. The molecule has 0 unspecified atom stereocenters. The molecule has 3 nitrogen and oxygen atoms in total. The minimum Gasteiger partial charge on any atom is -0.456 e. The molecule has 0 saturated carbocycles. The van der Waals surface area contributed by atoms with Crippen LogP contribution in [0.3, 0.4) is 0 Å². The van der Waals surface area contributed by atoms with Gasteiger partial charge in [-0.05, 0) is 110 Å². The number of imidazole rings is 1. The van der Waals surface area contributed by atoms with E-state index in [1.165, 1.54) is 54.9 Å². The maximum absolute atomic E-state index is 6.23. The summed E-state index contributed by atoms with van der Waals surface area (Å²) in [4.78, 5) is 4.81. The van der Waals surface area contributed by atoms with Gasteiger partial charge in [0.2, 0.25) is 0 Å². The molecule has 0 fully saturated rings. The summed E-state index contributed by atoms with van der Waals surface area (Å²) in [6, 6.07) is 58.7. The second kappa shape index (κ2) is 10.8. The summed E-state index contributed by atoms with van der Waals surface area (Å²) >= 11 is 0. The minimum atomic E-state index is 0.904. The van der Waals surface area contributed by atoms with E-state index < -0.39 is 0 Å². The molecule has 3 heteroatoms. The predicted octanol–water partition coefficient (Wildman–Crippen LogP) is 12.5. The van der Waals surface area contributed by atoms with Crippen molar-refractivity contribution in [1.82, 2.24) is 9.55 Å². The Hall–Kier alpha value is -6.45. The van der Waals surface area contributed by atoms with Gasteiger partial charge in [0, 0.05) is 16.5 Å². The number of rotatable bonds is 4. The van der Waals surface area contributed by atoms with Gasteiger partial charge in [0.25, 0.3) is 0 Å². The summed E-state index contributed by atoms with van der Waals surface area (Å²) in [7, 11) is 0. The second-order valence-corrected chi connectivity index (χ2v) is 12.8. The third-order valence-electron chi connectivity index (χ3n) is 9.94. The molecule has 0 spiro atoms. The first-order valence-corrected chi connectivity index (χ1v) is 16.7. The van der Waals surface area contributed by atoms with Crippen LogP contribution in [0.1, 0.15) is 5.82 Å². The van der Waals surface area contributed by atoms with E-state index in [0.717, 1.165) is 44.5 Å². The van der Waals surface area contributed by atoms with Crippen LogP contribution in [0.25, 0.3) is 93.6 Å². The first-order valence-electron chi connectivity index (χ1n) is 16.7. The summed E-state index contributed by atoms with van der Waals surface area (Å²) in [6.45, 7) is 2.07. The van der Waals surface area contributed by atoms with Crippen molar-refractivity contribution in [1.29, 1.82) is 0 Å². The fraction of sp³-hybridized carbons (Fsp3) is 0.0217. The molecular formula is C46H30N2O. The van der Waals surface area contributed by atoms with E-state index >= 15 is 0 Å². The highest BCUT2D eigenvalue weighted by Gasteiger charge is 2.19. The van der Waals surface area contributed by atoms with Gasteiger partial charge < -0.3 is 4.42 Å². The normalized spacial score (nSPS) is 11.8. The van der Waals surface area contributed by atoms with Crippen LogP contribution in [0, 0.1) is 6.92 Å². The quantitative estimate of drug-likeness (QED) is 0.182. The van der Waals surface area contributed by atoms with Crippen LogP contribution < -0.4 is 0 Å². The van der Waals surface area contributed by atoms with E-state index in [1.807, 2.05) is 18.2 Å². The zero-order valence-electron chi connectivity index (χ0n) is 26.9. The molecule has 0 radical (unpaired) electrons. The standard InChI is InChI=1S/C46H30N2O/c1-29-47-41-16-8-9-17-42(41)48(29)34-23-19-31(20-24-34)45-36-14-5-6-15-37(36)46(40-27-32(21-25-38(40)45)30-11-3-2-4-12-30)33-22-26-44-39(28-33)35-13-7-10-18-43(35)49-44/h2-28H,1H3. The van der Waals surface area contributed by atoms with Crippen molar-refractivity contribution in [2.24, 2.45) is 0 Å². The summed E-state index contributed by atoms with van der Waals surface area (Å²) in [5.74, 6) is 0.977. The van der Waals surface area contributed by atoms with E-state index in [4.69, 9.17) is 9.40 Å². The maximum atomic E-state index is 6.23. The fourth-order valence-corrected chi connectivity index (χ4v) is 7.74. The van der Waals surface area contributed by atoms with Crippen LogP contribution in [0.5, 0.6) is 0 Å². The number of para-hydroxylation sites is 3. The maximum Gasteiger partial charge on any atom is 0.135 e. The molecule has 0 bridgehead atoms. The third-order valence-corrected chi connectivity index (χ3v) is 9.94. The molecule has 0 saturated heterocycles. The monoisotopic (exact) mass is 626 g/mol. The Labute approximate surface area is 283 Å². The lowest BCUT2D eigenvalue weighted by Crippen LogP contribution is -1.97. The van der Waals surface area contributed by atoms with Gasteiger partial charge in [-0.15, -0.1) is 0 Å². The van der Waals surface area contributed by atoms with Gasteiger partial charge >= 0.3 is 0 Å². The van der Waals surface area contributed by atoms with E-state index in [0.29, 0.717) is 0 Å². The molecule has 2 aromatic heterocycles. The minimum absolute atomic E-state index is 0.904. The number of fused-ring (bicyclic) bond motifs is 6. The number of furan rings is 1. The molecular weight excluding hydrogens is 597 g/mol. The molecule has 10 rings (SSSR count). The summed E-state index contributed by atoms with van der Waals surface area (Å²) in [5.41, 5.74) is 12.3. The summed E-state index contributed by atoms with van der Waals surface area (Å²) in [6.07, 6.45) is 0. The van der Waals surface area contributed by atoms with Crippen LogP contribution in [-0.4, -0.2) is 9.55 Å². The van der Waals surface area contributed by atoms with Crippen molar-refractivity contribution in [3.05, 3.63) is 170 Å². The van der Waals surface area contributed by atoms with Crippen LogP contribution in [0.2, 0.25) is 0 Å². The lowest BCUT2D eigenvalue weighted by atomic mass is 9.84. The van der Waals surface area contributed by atoms with E-state index in [-0.39, 0.29) is 0 Å². The van der Waals surface area contributed by atoms with Crippen LogP contribution in [0.15, 0.2) is 168 Å². The average molecular weight is 627 g/mol. The van der Waals surface area contributed by atoms with Crippen molar-refractivity contribution in [3.8, 4) is 39.1 Å². The topological polar surface area (TPSA) is 31.0 Å². The highest BCUT2D eigenvalue weighted by atomic mass is 16.3. The van der Waals surface area contributed by atoms with Gasteiger partial charge in [-0.1, -0.05) is 115 Å². The Morgan fingerprint density at radius 1 is 0.429 bits per heavy atom. The summed E-state index contributed by atoms with van der Waals surface area (Å²) in [5, 5.41) is 7.17. The van der Waals surface area contributed by atoms with E-state index in [2.05, 4.69) is 157 Å². The summed E-state index contributed by atoms with van der Waals surface area (Å²) < 4.78 is 8.47. The number of hydrogen-bond acceptors (Lipinski definition) is 2. The van der Waals surface area contributed by atoms with Crippen molar-refractivity contribution >= 4 is 54.5 Å². The zero-order chi connectivity index (χ0) is 32.5. The number of nitrogens with zero attached hydrogens (tertiary/aromatic N) is 2. The molecule has 2 heterocycles. The smallest absolute Gasteiger partial charge is 0.135 e. The molecule has 0 atom stereocenters. The average Bonchev–Trinajstić information content (AvgIpc) is 3.70. The molecule has 0 aliphatic heterocycles. The first-order chi connectivity index (χ1) is 24.2. The zero-order valence-corrected chi connectivity index (χ0v) is 26.9. The Balaban J connectivity index is 1.25. The van der Waals surface area contributed by atoms with Gasteiger partial charge in [-0.25, -0.2) is 4.98 Å². The lowest BCUT2D eigenvalue weighted by molar-refractivity contribution is 0.669. The third kappa shape index (κ3) is 4.33. The number of benzene rings is 8. The predicted molar refractivity (Wildman–Crippen MR) is 204 cm³/mol. The van der Waals surface area contributed by atoms with Crippen molar-refractivity contribution in [3.63, 3.8) is 0 Å². The Morgan fingerprint density at radius 3 is 1.84 bits per heavy atom. The van der Waals surface area contributed by atoms with E-state index in [9.17, 15) is 0 Å². The number of hydrogen-bond donors (Lipinski definition) is 0. The van der Waals surface area contributed by atoms with Gasteiger partial charge in [0.05, 0.1) is 11.0 Å². The molecule has 0 aliphatic carbocycles. The highest BCUT2D eigenvalue weighted by molar-refractivity contribution is 6.22. The number of aryl methyl sites for hydroxylation is 1. The lowest BCUT2D eigenvalue weighted by Gasteiger charge is -2.19. The molecule has 10 aromatic rings. The molecule has 49 heavy (non-hydrogen) atoms. The largest absolute Gasteiger partial charge is 0.456 e. The van der Waals surface area contributed by atoms with Crippen LogP contribution in [0.4, 0.5) is 0 Å². The molecule has 0 N–H and O–H groups in total. The molecule has 230 valence electrons. The molecule has 8 aromatic carbocycles. The van der Waals surface area contributed by atoms with E-state index in [1.54, 1.807) is 0 Å². The Morgan fingerprint density at radius 2 is 1.02 bits per heavy atom. The van der Waals surface area contributed by atoms with Crippen LogP contribution >= 0.6 is 0 Å². The SMILES string of the molecule is Cc1nc2ccccc2n1-c1ccc(-c2c3ccccc3c(-c3ccc4oc5ccccc5c4c3)c3cc(-c4ccccc4)ccc23)cc1. The van der Waals surface area contributed by atoms with Gasteiger partial charge in [-0.2, -0.15) is 0 Å². The van der Waals surface area contributed by atoms with Gasteiger partial charge in [-0.3, -0.25) is 4.57 Å². The first kappa shape index (κ1) is 27.6.